The Morgan fingerprint density at radius 3 is 2.55 bits per heavy atom. The van der Waals surface area contributed by atoms with Crippen molar-refractivity contribution >= 4 is 45.5 Å². The number of nitrogens with one attached hydrogen (secondary N) is 2. The molecule has 152 valence electrons. The van der Waals surface area contributed by atoms with Crippen molar-refractivity contribution < 1.29 is 22.7 Å². The molecule has 0 saturated heterocycles. The van der Waals surface area contributed by atoms with Crippen LogP contribution in [0.3, 0.4) is 0 Å². The molecule has 0 atom stereocenters. The number of carbonyl (C=O) groups is 1. The molecule has 0 saturated carbocycles. The largest absolute Gasteiger partial charge is 0.495 e. The van der Waals surface area contributed by atoms with Gasteiger partial charge < -0.3 is 15.4 Å². The Morgan fingerprint density at radius 2 is 1.86 bits per heavy atom. The van der Waals surface area contributed by atoms with Crippen LogP contribution in [-0.2, 0) is 11.0 Å². The Kier molecular flexibility index (Phi) is 6.60. The first kappa shape index (κ1) is 20.9. The summed E-state index contributed by atoms with van der Waals surface area (Å²) >= 11 is 2.45. The Balaban J connectivity index is 1.52. The van der Waals surface area contributed by atoms with Crippen molar-refractivity contribution in [3.05, 3.63) is 54.1 Å². The van der Waals surface area contributed by atoms with E-state index in [4.69, 9.17) is 4.74 Å². The van der Waals surface area contributed by atoms with Gasteiger partial charge in [0.15, 0.2) is 4.34 Å². The third-order valence-corrected chi connectivity index (χ3v) is 5.55. The van der Waals surface area contributed by atoms with E-state index < -0.39 is 11.7 Å². The topological polar surface area (TPSA) is 76.1 Å². The first-order chi connectivity index (χ1) is 13.8. The second-order valence-corrected chi connectivity index (χ2v) is 7.81. The number of aromatic nitrogens is 2. The van der Waals surface area contributed by atoms with Crippen LogP contribution in [0.4, 0.5) is 29.7 Å². The van der Waals surface area contributed by atoms with Crippen LogP contribution in [0, 0.1) is 0 Å². The SMILES string of the molecule is COc1ccccc1Nc1nnc(SCC(=O)Nc2ccc(C(F)(F)F)cc2)s1. The zero-order chi connectivity index (χ0) is 20.9. The van der Waals surface area contributed by atoms with E-state index in [1.807, 2.05) is 24.3 Å². The molecule has 11 heteroatoms. The molecule has 0 radical (unpaired) electrons. The summed E-state index contributed by atoms with van der Waals surface area (Å²) in [6.45, 7) is 0. The lowest BCUT2D eigenvalue weighted by Crippen LogP contribution is -2.14. The van der Waals surface area contributed by atoms with Gasteiger partial charge in [-0.15, -0.1) is 10.2 Å². The second-order valence-electron chi connectivity index (χ2n) is 5.61. The lowest BCUT2D eigenvalue weighted by molar-refractivity contribution is -0.137. The van der Waals surface area contributed by atoms with Gasteiger partial charge in [0.25, 0.3) is 0 Å². The number of carbonyl (C=O) groups excluding carboxylic acids is 1. The predicted molar refractivity (Wildman–Crippen MR) is 107 cm³/mol. The summed E-state index contributed by atoms with van der Waals surface area (Å²) < 4.78 is 43.5. The third kappa shape index (κ3) is 5.84. The summed E-state index contributed by atoms with van der Waals surface area (Å²) in [5.41, 5.74) is 0.260. The average Bonchev–Trinajstić information content (AvgIpc) is 3.14. The predicted octanol–water partition coefficient (Wildman–Crippen LogP) is 5.04. The molecule has 29 heavy (non-hydrogen) atoms. The van der Waals surface area contributed by atoms with Crippen molar-refractivity contribution in [2.75, 3.05) is 23.5 Å². The lowest BCUT2D eigenvalue weighted by atomic mass is 10.2. The molecule has 0 unspecified atom stereocenters. The fourth-order valence-corrected chi connectivity index (χ4v) is 3.81. The molecule has 2 N–H and O–H groups in total. The minimum atomic E-state index is -4.41. The van der Waals surface area contributed by atoms with E-state index in [0.717, 1.165) is 17.8 Å². The molecule has 1 aromatic heterocycles. The van der Waals surface area contributed by atoms with Gasteiger partial charge in [-0.1, -0.05) is 35.2 Å². The highest BCUT2D eigenvalue weighted by Crippen LogP contribution is 2.32. The molecule has 3 aromatic rings. The van der Waals surface area contributed by atoms with Crippen molar-refractivity contribution in [1.82, 2.24) is 10.2 Å². The van der Waals surface area contributed by atoms with Gasteiger partial charge >= 0.3 is 6.18 Å². The Bertz CT molecular complexity index is 978. The standard InChI is InChI=1S/C18H15F3N4O2S2/c1-27-14-5-3-2-4-13(14)23-16-24-25-17(29-16)28-10-15(26)22-12-8-6-11(7-9-12)18(19,20)21/h2-9H,10H2,1H3,(H,22,26)(H,23,24). The molecule has 0 bridgehead atoms. The van der Waals surface area contributed by atoms with Crippen molar-refractivity contribution in [2.24, 2.45) is 0 Å². The van der Waals surface area contributed by atoms with Crippen molar-refractivity contribution in [2.45, 2.75) is 10.5 Å². The summed E-state index contributed by atoms with van der Waals surface area (Å²) in [4.78, 5) is 12.0. The number of nitrogens with zero attached hydrogens (tertiary/aromatic N) is 2. The minimum Gasteiger partial charge on any atom is -0.495 e. The summed E-state index contributed by atoms with van der Waals surface area (Å²) in [6.07, 6.45) is -4.41. The molecule has 6 nitrogen and oxygen atoms in total. The summed E-state index contributed by atoms with van der Waals surface area (Å²) in [5, 5.41) is 14.2. The lowest BCUT2D eigenvalue weighted by Gasteiger charge is -2.08. The number of methoxy groups -OCH3 is 1. The molecule has 0 spiro atoms. The van der Waals surface area contributed by atoms with Crippen LogP contribution in [0.25, 0.3) is 0 Å². The van der Waals surface area contributed by atoms with Gasteiger partial charge in [0, 0.05) is 5.69 Å². The zero-order valence-corrected chi connectivity index (χ0v) is 16.6. The van der Waals surface area contributed by atoms with Crippen molar-refractivity contribution in [3.63, 3.8) is 0 Å². The maximum Gasteiger partial charge on any atom is 0.416 e. The van der Waals surface area contributed by atoms with Gasteiger partial charge in [-0.25, -0.2) is 0 Å². The second kappa shape index (κ2) is 9.14. The number of halogens is 3. The highest BCUT2D eigenvalue weighted by Gasteiger charge is 2.29. The Morgan fingerprint density at radius 1 is 1.14 bits per heavy atom. The first-order valence-corrected chi connectivity index (χ1v) is 9.99. The molecule has 0 fully saturated rings. The van der Waals surface area contributed by atoms with Gasteiger partial charge in [0.2, 0.25) is 11.0 Å². The Labute approximate surface area is 172 Å². The number of benzene rings is 2. The van der Waals surface area contributed by atoms with E-state index in [0.29, 0.717) is 20.9 Å². The minimum absolute atomic E-state index is 0.0459. The number of thioether (sulfide) groups is 1. The number of alkyl halides is 3. The fourth-order valence-electron chi connectivity index (χ4n) is 2.25. The maximum atomic E-state index is 12.6. The van der Waals surface area contributed by atoms with E-state index in [1.165, 1.54) is 35.2 Å². The summed E-state index contributed by atoms with van der Waals surface area (Å²) in [6, 6.07) is 11.6. The van der Waals surface area contributed by atoms with Crippen molar-refractivity contribution in [3.8, 4) is 5.75 Å². The van der Waals surface area contributed by atoms with Crippen LogP contribution in [0.1, 0.15) is 5.56 Å². The number of hydrogen-bond acceptors (Lipinski definition) is 7. The number of amides is 1. The number of hydrogen-bond donors (Lipinski definition) is 2. The van der Waals surface area contributed by atoms with Gasteiger partial charge in [0.05, 0.1) is 24.1 Å². The molecule has 0 aliphatic heterocycles. The highest BCUT2D eigenvalue weighted by atomic mass is 32.2. The summed E-state index contributed by atoms with van der Waals surface area (Å²) in [7, 11) is 1.57. The molecule has 1 heterocycles. The Hall–Kier alpha value is -2.79. The van der Waals surface area contributed by atoms with E-state index in [2.05, 4.69) is 20.8 Å². The monoisotopic (exact) mass is 440 g/mol. The molecule has 2 aromatic carbocycles. The molecular weight excluding hydrogens is 425 g/mol. The normalized spacial score (nSPS) is 11.2. The zero-order valence-electron chi connectivity index (χ0n) is 15.0. The third-order valence-electron chi connectivity index (χ3n) is 3.58. The molecule has 0 aliphatic carbocycles. The van der Waals surface area contributed by atoms with Gasteiger partial charge in [0.1, 0.15) is 5.75 Å². The number of anilines is 3. The van der Waals surface area contributed by atoms with E-state index in [-0.39, 0.29) is 11.7 Å². The van der Waals surface area contributed by atoms with Crippen LogP contribution in [0.2, 0.25) is 0 Å². The van der Waals surface area contributed by atoms with E-state index >= 15 is 0 Å². The molecular formula is C18H15F3N4O2S2. The fraction of sp³-hybridized carbons (Fsp3) is 0.167. The van der Waals surface area contributed by atoms with Crippen LogP contribution in [0.5, 0.6) is 5.75 Å². The van der Waals surface area contributed by atoms with Crippen LogP contribution >= 0.6 is 23.1 Å². The van der Waals surface area contributed by atoms with Gasteiger partial charge in [-0.05, 0) is 36.4 Å². The number of ether oxygens (including phenoxy) is 1. The van der Waals surface area contributed by atoms with E-state index in [1.54, 1.807) is 7.11 Å². The van der Waals surface area contributed by atoms with E-state index in [9.17, 15) is 18.0 Å². The summed E-state index contributed by atoms with van der Waals surface area (Å²) in [5.74, 6) is 0.349. The van der Waals surface area contributed by atoms with Crippen LogP contribution in [-0.4, -0.2) is 29.0 Å². The van der Waals surface area contributed by atoms with Crippen LogP contribution < -0.4 is 15.4 Å². The molecule has 0 aliphatic rings. The quantitative estimate of drug-likeness (QED) is 0.502. The van der Waals surface area contributed by atoms with Gasteiger partial charge in [-0.2, -0.15) is 13.2 Å². The number of rotatable bonds is 7. The molecule has 3 rings (SSSR count). The molecule has 1 amide bonds. The maximum absolute atomic E-state index is 12.6. The highest BCUT2D eigenvalue weighted by molar-refractivity contribution is 8.01. The first-order valence-electron chi connectivity index (χ1n) is 8.18. The smallest absolute Gasteiger partial charge is 0.416 e. The average molecular weight is 440 g/mol. The number of para-hydroxylation sites is 2. The van der Waals surface area contributed by atoms with Gasteiger partial charge in [-0.3, -0.25) is 4.79 Å². The van der Waals surface area contributed by atoms with Crippen LogP contribution in [0.15, 0.2) is 52.9 Å². The van der Waals surface area contributed by atoms with Crippen molar-refractivity contribution in [1.29, 1.82) is 0 Å².